The molecule has 92 valence electrons. The van der Waals surface area contributed by atoms with Crippen LogP contribution in [0.4, 0.5) is 5.82 Å². The summed E-state index contributed by atoms with van der Waals surface area (Å²) in [6.07, 6.45) is 0. The van der Waals surface area contributed by atoms with Gasteiger partial charge >= 0.3 is 0 Å². The van der Waals surface area contributed by atoms with Crippen LogP contribution >= 0.6 is 27.3 Å². The summed E-state index contributed by atoms with van der Waals surface area (Å²) in [7, 11) is -3.69. The van der Waals surface area contributed by atoms with E-state index in [9.17, 15) is 8.42 Å². The number of hydrogen-bond acceptors (Lipinski definition) is 5. The SMILES string of the molecule is N#Cc1ccc(S(=O)(=O)Nc2cccc(Br)n2)s1. The molecule has 2 heterocycles. The van der Waals surface area contributed by atoms with E-state index in [2.05, 4.69) is 25.6 Å². The number of nitrogens with one attached hydrogen (secondary N) is 1. The fourth-order valence-electron chi connectivity index (χ4n) is 1.18. The molecule has 0 fully saturated rings. The third kappa shape index (κ3) is 2.87. The summed E-state index contributed by atoms with van der Waals surface area (Å²) < 4.78 is 26.9. The van der Waals surface area contributed by atoms with Gasteiger partial charge in [-0.3, -0.25) is 4.72 Å². The van der Waals surface area contributed by atoms with Crippen LogP contribution in [0.15, 0.2) is 39.1 Å². The number of halogens is 1. The highest BCUT2D eigenvalue weighted by atomic mass is 79.9. The Morgan fingerprint density at radius 3 is 2.72 bits per heavy atom. The molecular weight excluding hydrogens is 338 g/mol. The minimum absolute atomic E-state index is 0.0841. The normalized spacial score (nSPS) is 10.9. The van der Waals surface area contributed by atoms with Crippen LogP contribution in [0.2, 0.25) is 0 Å². The average molecular weight is 344 g/mol. The second-order valence-corrected chi connectivity index (χ2v) is 6.99. The summed E-state index contributed by atoms with van der Waals surface area (Å²) in [6, 6.07) is 9.66. The van der Waals surface area contributed by atoms with Crippen molar-refractivity contribution < 1.29 is 8.42 Å². The van der Waals surface area contributed by atoms with Gasteiger partial charge in [0, 0.05) is 0 Å². The van der Waals surface area contributed by atoms with Crippen molar-refractivity contribution in [2.24, 2.45) is 0 Å². The first-order valence-electron chi connectivity index (χ1n) is 4.66. The van der Waals surface area contributed by atoms with Crippen LogP contribution in [0.3, 0.4) is 0 Å². The van der Waals surface area contributed by atoms with Crippen LogP contribution < -0.4 is 4.72 Å². The first-order chi connectivity index (χ1) is 8.51. The maximum Gasteiger partial charge on any atom is 0.272 e. The zero-order chi connectivity index (χ0) is 13.2. The lowest BCUT2D eigenvalue weighted by molar-refractivity contribution is 0.603. The van der Waals surface area contributed by atoms with E-state index in [4.69, 9.17) is 5.26 Å². The van der Waals surface area contributed by atoms with Crippen molar-refractivity contribution in [3.8, 4) is 6.07 Å². The minimum Gasteiger partial charge on any atom is -0.263 e. The van der Waals surface area contributed by atoms with E-state index in [1.807, 2.05) is 6.07 Å². The molecule has 0 amide bonds. The van der Waals surface area contributed by atoms with Crippen molar-refractivity contribution in [2.75, 3.05) is 4.72 Å². The number of rotatable bonds is 3. The van der Waals surface area contributed by atoms with Gasteiger partial charge in [0.1, 0.15) is 25.6 Å². The third-order valence-electron chi connectivity index (χ3n) is 1.91. The number of aromatic nitrogens is 1. The smallest absolute Gasteiger partial charge is 0.263 e. The van der Waals surface area contributed by atoms with Gasteiger partial charge in [-0.15, -0.1) is 11.3 Å². The molecular formula is C10H6BrN3O2S2. The molecule has 0 atom stereocenters. The van der Waals surface area contributed by atoms with Crippen LogP contribution in [0.5, 0.6) is 0 Å². The largest absolute Gasteiger partial charge is 0.272 e. The lowest BCUT2D eigenvalue weighted by Gasteiger charge is -2.04. The molecule has 0 saturated heterocycles. The van der Waals surface area contributed by atoms with Gasteiger partial charge in [-0.2, -0.15) is 5.26 Å². The monoisotopic (exact) mass is 343 g/mol. The average Bonchev–Trinajstić information content (AvgIpc) is 2.77. The molecule has 0 aliphatic carbocycles. The van der Waals surface area contributed by atoms with Crippen molar-refractivity contribution in [2.45, 2.75) is 4.21 Å². The number of nitrogens with zero attached hydrogens (tertiary/aromatic N) is 2. The molecule has 0 aromatic carbocycles. The van der Waals surface area contributed by atoms with E-state index in [1.54, 1.807) is 18.2 Å². The molecule has 0 spiro atoms. The van der Waals surface area contributed by atoms with Gasteiger partial charge in [0.2, 0.25) is 0 Å². The topological polar surface area (TPSA) is 82.8 Å². The summed E-state index contributed by atoms with van der Waals surface area (Å²) in [5.74, 6) is 0.219. The Bertz CT molecular complexity index is 719. The van der Waals surface area contributed by atoms with E-state index in [0.717, 1.165) is 11.3 Å². The van der Waals surface area contributed by atoms with Gasteiger partial charge in [0.05, 0.1) is 0 Å². The van der Waals surface area contributed by atoms with Crippen LogP contribution in [-0.2, 0) is 10.0 Å². The van der Waals surface area contributed by atoms with Gasteiger partial charge in [-0.25, -0.2) is 13.4 Å². The van der Waals surface area contributed by atoms with E-state index in [1.165, 1.54) is 12.1 Å². The Morgan fingerprint density at radius 2 is 2.11 bits per heavy atom. The quantitative estimate of drug-likeness (QED) is 0.868. The van der Waals surface area contributed by atoms with Gasteiger partial charge in [-0.05, 0) is 40.2 Å². The molecule has 1 N–H and O–H groups in total. The lowest BCUT2D eigenvalue weighted by atomic mass is 10.5. The summed E-state index contributed by atoms with van der Waals surface area (Å²) >= 11 is 4.07. The van der Waals surface area contributed by atoms with Gasteiger partial charge in [-0.1, -0.05) is 6.07 Å². The maximum atomic E-state index is 12.0. The number of pyridine rings is 1. The van der Waals surface area contributed by atoms with Gasteiger partial charge in [0.25, 0.3) is 10.0 Å². The number of hydrogen-bond donors (Lipinski definition) is 1. The Labute approximate surface area is 116 Å². The predicted octanol–water partition coefficient (Wildman–Crippen LogP) is 2.58. The number of nitriles is 1. The molecule has 0 radical (unpaired) electrons. The number of anilines is 1. The molecule has 0 saturated carbocycles. The van der Waals surface area contributed by atoms with E-state index in [-0.39, 0.29) is 10.0 Å². The van der Waals surface area contributed by atoms with Crippen LogP contribution in [0, 0.1) is 11.3 Å². The molecule has 5 nitrogen and oxygen atoms in total. The summed E-state index contributed by atoms with van der Waals surface area (Å²) in [4.78, 5) is 4.32. The van der Waals surface area contributed by atoms with Crippen LogP contribution in [0.25, 0.3) is 0 Å². The van der Waals surface area contributed by atoms with Gasteiger partial charge in [0.15, 0.2) is 0 Å². The van der Waals surface area contributed by atoms with Crippen molar-refractivity contribution in [1.29, 1.82) is 5.26 Å². The Morgan fingerprint density at radius 1 is 1.33 bits per heavy atom. The van der Waals surface area contributed by atoms with Crippen molar-refractivity contribution in [3.63, 3.8) is 0 Å². The van der Waals surface area contributed by atoms with Crippen molar-refractivity contribution in [1.82, 2.24) is 4.98 Å². The zero-order valence-electron chi connectivity index (χ0n) is 8.79. The van der Waals surface area contributed by atoms with E-state index in [0.29, 0.717) is 9.48 Å². The molecule has 18 heavy (non-hydrogen) atoms. The molecule has 0 bridgehead atoms. The second-order valence-electron chi connectivity index (χ2n) is 3.18. The molecule has 0 aliphatic heterocycles. The Balaban J connectivity index is 2.30. The summed E-state index contributed by atoms with van der Waals surface area (Å²) in [6.45, 7) is 0. The minimum atomic E-state index is -3.69. The highest BCUT2D eigenvalue weighted by Crippen LogP contribution is 2.23. The second kappa shape index (κ2) is 5.06. The first-order valence-corrected chi connectivity index (χ1v) is 7.76. The molecule has 2 rings (SSSR count). The number of sulfonamides is 1. The van der Waals surface area contributed by atoms with Crippen LogP contribution in [0.1, 0.15) is 4.88 Å². The Hall–Kier alpha value is -1.43. The highest BCUT2D eigenvalue weighted by molar-refractivity contribution is 9.10. The lowest BCUT2D eigenvalue weighted by Crippen LogP contribution is -2.12. The maximum absolute atomic E-state index is 12.0. The molecule has 2 aromatic heterocycles. The van der Waals surface area contributed by atoms with E-state index >= 15 is 0 Å². The van der Waals surface area contributed by atoms with E-state index < -0.39 is 10.0 Å². The number of thiophene rings is 1. The van der Waals surface area contributed by atoms with Crippen LogP contribution in [-0.4, -0.2) is 13.4 Å². The third-order valence-corrected chi connectivity index (χ3v) is 5.19. The molecule has 2 aromatic rings. The zero-order valence-corrected chi connectivity index (χ0v) is 12.0. The summed E-state index contributed by atoms with van der Waals surface area (Å²) in [5, 5.41) is 8.67. The van der Waals surface area contributed by atoms with Gasteiger partial charge < -0.3 is 0 Å². The predicted molar refractivity (Wildman–Crippen MR) is 71.8 cm³/mol. The van der Waals surface area contributed by atoms with Crippen molar-refractivity contribution >= 4 is 43.1 Å². The summed E-state index contributed by atoms with van der Waals surface area (Å²) in [5.41, 5.74) is 0. The fraction of sp³-hybridized carbons (Fsp3) is 0. The molecule has 0 unspecified atom stereocenters. The van der Waals surface area contributed by atoms with Crippen molar-refractivity contribution in [3.05, 3.63) is 39.8 Å². The standard InChI is InChI=1S/C10H6BrN3O2S2/c11-8-2-1-3-9(13-8)14-18(15,16)10-5-4-7(6-12)17-10/h1-5H,(H,13,14). The molecule has 8 heteroatoms. The first kappa shape index (κ1) is 13.0. The fourth-order valence-corrected chi connectivity index (χ4v) is 3.63. The Kier molecular flexibility index (Phi) is 3.65. The highest BCUT2D eigenvalue weighted by Gasteiger charge is 2.17. The molecule has 0 aliphatic rings.